The van der Waals surface area contributed by atoms with E-state index in [1.54, 1.807) is 30.5 Å². The first-order chi connectivity index (χ1) is 14.0. The molecule has 1 atom stereocenters. The Balaban J connectivity index is 1.52. The molecular weight excluding hydrogens is 438 g/mol. The maximum absolute atomic E-state index is 12.4. The third kappa shape index (κ3) is 6.27. The molecule has 2 aromatic rings. The third-order valence-corrected chi connectivity index (χ3v) is 5.32. The van der Waals surface area contributed by atoms with Gasteiger partial charge in [0.05, 0.1) is 0 Å². The molecule has 1 fully saturated rings. The molecule has 0 radical (unpaired) electrons. The number of benzene rings is 1. The van der Waals surface area contributed by atoms with Crippen molar-refractivity contribution in [3.05, 3.63) is 58.3 Å². The monoisotopic (exact) mass is 461 g/mol. The number of likely N-dealkylation sites (tertiary alicyclic amines) is 1. The lowest BCUT2D eigenvalue weighted by atomic mass is 10.1. The summed E-state index contributed by atoms with van der Waals surface area (Å²) in [6, 6.07) is 9.85. The van der Waals surface area contributed by atoms with Crippen LogP contribution in [0.1, 0.15) is 35.2 Å². The van der Waals surface area contributed by atoms with E-state index in [0.29, 0.717) is 17.9 Å². The van der Waals surface area contributed by atoms with Crippen LogP contribution in [0.25, 0.3) is 0 Å². The van der Waals surface area contributed by atoms with Gasteiger partial charge in [0.1, 0.15) is 23.0 Å². The summed E-state index contributed by atoms with van der Waals surface area (Å²) in [4.78, 5) is 30.0. The first kappa shape index (κ1) is 21.3. The lowest BCUT2D eigenvalue weighted by Crippen LogP contribution is -2.50. The van der Waals surface area contributed by atoms with Gasteiger partial charge in [-0.1, -0.05) is 6.42 Å². The molecule has 1 aromatic carbocycles. The molecule has 2 N–H and O–H groups in total. The van der Waals surface area contributed by atoms with Gasteiger partial charge in [-0.15, -0.1) is 0 Å². The molecule has 154 valence electrons. The van der Waals surface area contributed by atoms with Crippen LogP contribution in [0.5, 0.6) is 5.75 Å². The van der Waals surface area contributed by atoms with E-state index in [2.05, 4.69) is 26.2 Å². The number of pyridine rings is 1. The zero-order valence-electron chi connectivity index (χ0n) is 16.0. The highest BCUT2D eigenvalue weighted by Gasteiger charge is 2.27. The zero-order valence-corrected chi connectivity index (χ0v) is 17.6. The first-order valence-electron chi connectivity index (χ1n) is 9.61. The molecule has 1 aliphatic heterocycles. The number of nitrogens with zero attached hydrogens (tertiary/aromatic N) is 2. The van der Waals surface area contributed by atoms with Crippen molar-refractivity contribution in [3.8, 4) is 5.75 Å². The number of aliphatic carboxylic acids is 1. The molecule has 2 heterocycles. The van der Waals surface area contributed by atoms with Gasteiger partial charge in [-0.05, 0) is 83.8 Å². The highest BCUT2D eigenvalue weighted by Crippen LogP contribution is 2.16. The van der Waals surface area contributed by atoms with Gasteiger partial charge in [0.15, 0.2) is 0 Å². The fraction of sp³-hybridized carbons (Fsp3) is 0.381. The van der Waals surface area contributed by atoms with Crippen LogP contribution in [0.3, 0.4) is 0 Å². The molecule has 29 heavy (non-hydrogen) atoms. The standard InChI is InChI=1S/C21H24BrN3O4/c22-19-12-15(8-9-23-19)14-29-17-6-4-16(5-7-17)20(26)24-13-18(21(27)28)25-10-2-1-3-11-25/h4-9,12,18H,1-3,10-11,13-14H2,(H,24,26)(H,27,28)/t18-/m0/s1. The van der Waals surface area contributed by atoms with Crippen molar-refractivity contribution in [2.24, 2.45) is 0 Å². The van der Waals surface area contributed by atoms with Gasteiger partial charge in [0.2, 0.25) is 0 Å². The van der Waals surface area contributed by atoms with Crippen LogP contribution in [0.2, 0.25) is 0 Å². The highest BCUT2D eigenvalue weighted by molar-refractivity contribution is 9.10. The summed E-state index contributed by atoms with van der Waals surface area (Å²) in [5.41, 5.74) is 1.44. The van der Waals surface area contributed by atoms with E-state index in [0.717, 1.165) is 42.5 Å². The van der Waals surface area contributed by atoms with Crippen LogP contribution >= 0.6 is 15.9 Å². The predicted molar refractivity (Wildman–Crippen MR) is 112 cm³/mol. The van der Waals surface area contributed by atoms with Gasteiger partial charge < -0.3 is 15.2 Å². The van der Waals surface area contributed by atoms with Gasteiger partial charge in [-0.3, -0.25) is 14.5 Å². The highest BCUT2D eigenvalue weighted by atomic mass is 79.9. The Hall–Kier alpha value is -2.45. The molecule has 1 aromatic heterocycles. The van der Waals surface area contributed by atoms with Crippen molar-refractivity contribution in [2.45, 2.75) is 31.9 Å². The second-order valence-corrected chi connectivity index (χ2v) is 7.77. The first-order valence-corrected chi connectivity index (χ1v) is 10.4. The normalized spacial score (nSPS) is 15.5. The number of carboxylic acids is 1. The van der Waals surface area contributed by atoms with E-state index in [9.17, 15) is 14.7 Å². The Labute approximate surface area is 178 Å². The minimum atomic E-state index is -0.904. The zero-order chi connectivity index (χ0) is 20.6. The molecule has 0 aliphatic carbocycles. The lowest BCUT2D eigenvalue weighted by molar-refractivity contribution is -0.143. The average Bonchev–Trinajstić information content (AvgIpc) is 2.73. The second kappa shape index (κ2) is 10.4. The van der Waals surface area contributed by atoms with Crippen LogP contribution in [0.4, 0.5) is 0 Å². The number of hydrogen-bond donors (Lipinski definition) is 2. The number of carboxylic acid groups (broad SMARTS) is 1. The SMILES string of the molecule is O=C(NC[C@@H](C(=O)O)N1CCCCC1)c1ccc(OCc2ccnc(Br)c2)cc1. The lowest BCUT2D eigenvalue weighted by Gasteiger charge is -2.31. The predicted octanol–water partition coefficient (Wildman–Crippen LogP) is 3.09. The second-order valence-electron chi connectivity index (χ2n) is 6.96. The van der Waals surface area contributed by atoms with E-state index < -0.39 is 12.0 Å². The Morgan fingerprint density at radius 2 is 1.90 bits per heavy atom. The molecule has 0 saturated carbocycles. The molecule has 7 nitrogen and oxygen atoms in total. The number of amides is 1. The number of rotatable bonds is 8. The summed E-state index contributed by atoms with van der Waals surface area (Å²) in [5.74, 6) is -0.553. The largest absolute Gasteiger partial charge is 0.489 e. The summed E-state index contributed by atoms with van der Waals surface area (Å²) >= 11 is 3.32. The Bertz CT molecular complexity index is 838. The van der Waals surface area contributed by atoms with Crippen molar-refractivity contribution in [3.63, 3.8) is 0 Å². The Kier molecular flexibility index (Phi) is 7.60. The summed E-state index contributed by atoms with van der Waals surface area (Å²) < 4.78 is 6.47. The number of halogens is 1. The van der Waals surface area contributed by atoms with Crippen LogP contribution in [-0.4, -0.2) is 52.5 Å². The average molecular weight is 462 g/mol. The van der Waals surface area contributed by atoms with Gasteiger partial charge >= 0.3 is 5.97 Å². The molecule has 3 rings (SSSR count). The van der Waals surface area contributed by atoms with Crippen molar-refractivity contribution >= 4 is 27.8 Å². The molecule has 1 saturated heterocycles. The number of hydrogen-bond acceptors (Lipinski definition) is 5. The number of piperidine rings is 1. The van der Waals surface area contributed by atoms with E-state index in [1.165, 1.54) is 0 Å². The maximum atomic E-state index is 12.4. The van der Waals surface area contributed by atoms with Crippen LogP contribution in [-0.2, 0) is 11.4 Å². The van der Waals surface area contributed by atoms with E-state index in [-0.39, 0.29) is 12.5 Å². The van der Waals surface area contributed by atoms with Crippen LogP contribution in [0, 0.1) is 0 Å². The minimum absolute atomic E-state index is 0.0866. The molecular formula is C21H24BrN3O4. The van der Waals surface area contributed by atoms with Gasteiger partial charge in [0, 0.05) is 18.3 Å². The van der Waals surface area contributed by atoms with Gasteiger partial charge in [0.25, 0.3) is 5.91 Å². The fourth-order valence-corrected chi connectivity index (χ4v) is 3.71. The number of nitrogens with one attached hydrogen (secondary N) is 1. The summed E-state index contributed by atoms with van der Waals surface area (Å²) in [7, 11) is 0. The van der Waals surface area contributed by atoms with Crippen LogP contribution < -0.4 is 10.1 Å². The van der Waals surface area contributed by atoms with E-state index in [1.807, 2.05) is 17.0 Å². The Morgan fingerprint density at radius 1 is 1.17 bits per heavy atom. The quantitative estimate of drug-likeness (QED) is 0.586. The number of carbonyl (C=O) groups is 2. The number of aromatic nitrogens is 1. The van der Waals surface area contributed by atoms with Gasteiger partial charge in [-0.2, -0.15) is 0 Å². The van der Waals surface area contributed by atoms with E-state index >= 15 is 0 Å². The molecule has 8 heteroatoms. The fourth-order valence-electron chi connectivity index (χ4n) is 3.30. The van der Waals surface area contributed by atoms with Crippen molar-refractivity contribution < 1.29 is 19.4 Å². The summed E-state index contributed by atoms with van der Waals surface area (Å²) in [6.45, 7) is 1.99. The maximum Gasteiger partial charge on any atom is 0.322 e. The number of ether oxygens (including phenoxy) is 1. The molecule has 1 amide bonds. The van der Waals surface area contributed by atoms with E-state index in [4.69, 9.17) is 4.74 Å². The van der Waals surface area contributed by atoms with Gasteiger partial charge in [-0.25, -0.2) is 4.98 Å². The molecule has 1 aliphatic rings. The topological polar surface area (TPSA) is 91.8 Å². The number of carbonyl (C=O) groups excluding carboxylic acids is 1. The van der Waals surface area contributed by atoms with Crippen molar-refractivity contribution in [1.29, 1.82) is 0 Å². The molecule has 0 unspecified atom stereocenters. The summed E-state index contributed by atoms with van der Waals surface area (Å²) in [5, 5.41) is 12.2. The Morgan fingerprint density at radius 3 is 2.55 bits per heavy atom. The molecule has 0 spiro atoms. The van der Waals surface area contributed by atoms with Crippen molar-refractivity contribution in [1.82, 2.24) is 15.2 Å². The third-order valence-electron chi connectivity index (χ3n) is 4.89. The minimum Gasteiger partial charge on any atom is -0.489 e. The van der Waals surface area contributed by atoms with Crippen LogP contribution in [0.15, 0.2) is 47.2 Å². The summed E-state index contributed by atoms with van der Waals surface area (Å²) in [6.07, 6.45) is 4.82. The molecule has 0 bridgehead atoms. The van der Waals surface area contributed by atoms with Crippen molar-refractivity contribution in [2.75, 3.05) is 19.6 Å². The smallest absolute Gasteiger partial charge is 0.322 e.